The molecule has 1 rings (SSSR count). The van der Waals surface area contributed by atoms with Gasteiger partial charge in [-0.2, -0.15) is 0 Å². The van der Waals surface area contributed by atoms with Gasteiger partial charge in [0.2, 0.25) is 0 Å². The van der Waals surface area contributed by atoms with Gasteiger partial charge in [0, 0.05) is 20.1 Å². The Morgan fingerprint density at radius 1 is 1.29 bits per heavy atom. The lowest BCUT2D eigenvalue weighted by atomic mass is 10.1. The zero-order valence-corrected chi connectivity index (χ0v) is 13.6. The molecule has 0 aliphatic heterocycles. The van der Waals surface area contributed by atoms with Crippen molar-refractivity contribution >= 4 is 5.96 Å². The summed E-state index contributed by atoms with van der Waals surface area (Å²) < 4.78 is 5.35. The van der Waals surface area contributed by atoms with Crippen molar-refractivity contribution in [2.45, 2.75) is 26.7 Å². The van der Waals surface area contributed by atoms with Crippen molar-refractivity contribution in [1.29, 1.82) is 0 Å². The quantitative estimate of drug-likeness (QED) is 0.351. The van der Waals surface area contributed by atoms with Gasteiger partial charge >= 0.3 is 0 Å². The number of ether oxygens (including phenoxy) is 1. The molecule has 0 aliphatic carbocycles. The highest BCUT2D eigenvalue weighted by atomic mass is 16.5. The molecule has 0 amide bonds. The van der Waals surface area contributed by atoms with E-state index in [2.05, 4.69) is 52.9 Å². The average Bonchev–Trinajstić information content (AvgIpc) is 2.51. The summed E-state index contributed by atoms with van der Waals surface area (Å²) in [5, 5.41) is 6.61. The Bertz CT molecular complexity index is 481. The van der Waals surface area contributed by atoms with Gasteiger partial charge < -0.3 is 15.4 Å². The van der Waals surface area contributed by atoms with Crippen LogP contribution in [-0.2, 0) is 6.42 Å². The minimum Gasteiger partial charge on any atom is -0.496 e. The van der Waals surface area contributed by atoms with Crippen LogP contribution >= 0.6 is 0 Å². The lowest BCUT2D eigenvalue weighted by molar-refractivity contribution is 0.411. The Labute approximate surface area is 128 Å². The fourth-order valence-corrected chi connectivity index (χ4v) is 2.01. The third-order valence-corrected chi connectivity index (χ3v) is 3.24. The molecule has 0 aliphatic rings. The second-order valence-electron chi connectivity index (χ2n) is 4.84. The normalized spacial score (nSPS) is 11.7. The van der Waals surface area contributed by atoms with Gasteiger partial charge in [-0.3, -0.25) is 4.99 Å². The Morgan fingerprint density at radius 3 is 2.71 bits per heavy atom. The standard InChI is InChI=1S/C17H27N3O/c1-5-6-7-11-19-17(18-3)20-12-10-15-9-8-14(2)16(13-15)21-4/h5-6,8-9,13H,7,10-12H2,1-4H3,(H2,18,19,20). The summed E-state index contributed by atoms with van der Waals surface area (Å²) in [6.45, 7) is 5.82. The smallest absolute Gasteiger partial charge is 0.190 e. The molecule has 0 unspecified atom stereocenters. The summed E-state index contributed by atoms with van der Waals surface area (Å²) in [6.07, 6.45) is 6.14. The molecule has 21 heavy (non-hydrogen) atoms. The summed E-state index contributed by atoms with van der Waals surface area (Å²) in [6, 6.07) is 6.33. The van der Waals surface area contributed by atoms with E-state index in [-0.39, 0.29) is 0 Å². The van der Waals surface area contributed by atoms with Crippen LogP contribution in [0.3, 0.4) is 0 Å². The van der Waals surface area contributed by atoms with Crippen molar-refractivity contribution in [3.05, 3.63) is 41.5 Å². The van der Waals surface area contributed by atoms with Crippen molar-refractivity contribution in [3.63, 3.8) is 0 Å². The van der Waals surface area contributed by atoms with E-state index >= 15 is 0 Å². The molecule has 0 bridgehead atoms. The highest BCUT2D eigenvalue weighted by molar-refractivity contribution is 5.79. The third-order valence-electron chi connectivity index (χ3n) is 3.24. The van der Waals surface area contributed by atoms with E-state index in [4.69, 9.17) is 4.74 Å². The van der Waals surface area contributed by atoms with Crippen molar-refractivity contribution < 1.29 is 4.74 Å². The van der Waals surface area contributed by atoms with Crippen molar-refractivity contribution in [2.24, 2.45) is 4.99 Å². The Morgan fingerprint density at radius 2 is 2.05 bits per heavy atom. The molecule has 0 saturated carbocycles. The molecule has 0 saturated heterocycles. The lowest BCUT2D eigenvalue weighted by Gasteiger charge is -2.12. The first-order chi connectivity index (χ1) is 10.2. The largest absolute Gasteiger partial charge is 0.496 e. The lowest BCUT2D eigenvalue weighted by Crippen LogP contribution is -2.38. The van der Waals surface area contributed by atoms with Gasteiger partial charge in [0.15, 0.2) is 5.96 Å². The van der Waals surface area contributed by atoms with Gasteiger partial charge in [0.05, 0.1) is 7.11 Å². The summed E-state index contributed by atoms with van der Waals surface area (Å²) in [5.74, 6) is 1.79. The number of guanidine groups is 1. The van der Waals surface area contributed by atoms with Crippen LogP contribution in [0.2, 0.25) is 0 Å². The number of aliphatic imine (C=N–C) groups is 1. The summed E-state index contributed by atoms with van der Waals surface area (Å²) in [4.78, 5) is 4.21. The first kappa shape index (κ1) is 17.1. The van der Waals surface area contributed by atoms with Crippen LogP contribution in [0, 0.1) is 6.92 Å². The Hall–Kier alpha value is -1.97. The number of hydrogen-bond donors (Lipinski definition) is 2. The van der Waals surface area contributed by atoms with Gasteiger partial charge in [0.25, 0.3) is 0 Å². The van der Waals surface area contributed by atoms with E-state index in [1.165, 1.54) is 5.56 Å². The topological polar surface area (TPSA) is 45.7 Å². The molecule has 0 spiro atoms. The van der Waals surface area contributed by atoms with Crippen LogP contribution in [-0.4, -0.2) is 33.2 Å². The number of allylic oxidation sites excluding steroid dienone is 1. The summed E-state index contributed by atoms with van der Waals surface area (Å²) in [5.41, 5.74) is 2.42. The van der Waals surface area contributed by atoms with Gasteiger partial charge in [0.1, 0.15) is 5.75 Å². The van der Waals surface area contributed by atoms with Gasteiger partial charge in [-0.1, -0.05) is 24.3 Å². The number of rotatable bonds is 7. The van der Waals surface area contributed by atoms with Gasteiger partial charge in [-0.05, 0) is 43.9 Å². The van der Waals surface area contributed by atoms with Crippen LogP contribution in [0.5, 0.6) is 5.75 Å². The molecule has 0 atom stereocenters. The molecule has 1 aromatic rings. The van der Waals surface area contributed by atoms with Gasteiger partial charge in [-0.15, -0.1) is 0 Å². The number of aryl methyl sites for hydroxylation is 1. The molecule has 4 nitrogen and oxygen atoms in total. The fourth-order valence-electron chi connectivity index (χ4n) is 2.01. The Balaban J connectivity index is 2.37. The van der Waals surface area contributed by atoms with E-state index in [0.29, 0.717) is 0 Å². The first-order valence-corrected chi connectivity index (χ1v) is 7.40. The molecular weight excluding hydrogens is 262 g/mol. The van der Waals surface area contributed by atoms with Crippen molar-refractivity contribution in [2.75, 3.05) is 27.2 Å². The second kappa shape index (κ2) is 9.86. The monoisotopic (exact) mass is 289 g/mol. The maximum absolute atomic E-state index is 5.35. The summed E-state index contributed by atoms with van der Waals surface area (Å²) in [7, 11) is 3.50. The number of methoxy groups -OCH3 is 1. The number of benzene rings is 1. The molecule has 0 aromatic heterocycles. The van der Waals surface area contributed by atoms with E-state index in [0.717, 1.165) is 43.2 Å². The molecule has 4 heteroatoms. The zero-order valence-electron chi connectivity index (χ0n) is 13.6. The van der Waals surface area contributed by atoms with E-state index in [1.807, 2.05) is 6.92 Å². The molecule has 116 valence electrons. The molecule has 0 heterocycles. The van der Waals surface area contributed by atoms with Crippen LogP contribution in [0.4, 0.5) is 0 Å². The average molecular weight is 289 g/mol. The Kier molecular flexibility index (Phi) is 8.02. The maximum atomic E-state index is 5.35. The third kappa shape index (κ3) is 6.34. The minimum absolute atomic E-state index is 0.843. The molecule has 1 aromatic carbocycles. The van der Waals surface area contributed by atoms with Crippen LogP contribution in [0.1, 0.15) is 24.5 Å². The molecule has 0 radical (unpaired) electrons. The van der Waals surface area contributed by atoms with Crippen LogP contribution in [0.25, 0.3) is 0 Å². The fraction of sp³-hybridized carbons (Fsp3) is 0.471. The van der Waals surface area contributed by atoms with E-state index < -0.39 is 0 Å². The maximum Gasteiger partial charge on any atom is 0.190 e. The van der Waals surface area contributed by atoms with Crippen LogP contribution < -0.4 is 15.4 Å². The number of nitrogens with zero attached hydrogens (tertiary/aromatic N) is 1. The summed E-state index contributed by atoms with van der Waals surface area (Å²) >= 11 is 0. The first-order valence-electron chi connectivity index (χ1n) is 7.40. The van der Waals surface area contributed by atoms with Crippen molar-refractivity contribution in [3.8, 4) is 5.75 Å². The minimum atomic E-state index is 0.843. The van der Waals surface area contributed by atoms with E-state index in [9.17, 15) is 0 Å². The highest BCUT2D eigenvalue weighted by Gasteiger charge is 2.01. The SMILES string of the molecule is CC=CCCNC(=NC)NCCc1ccc(C)c(OC)c1. The van der Waals surface area contributed by atoms with Crippen LogP contribution in [0.15, 0.2) is 35.3 Å². The second-order valence-corrected chi connectivity index (χ2v) is 4.84. The predicted octanol–water partition coefficient (Wildman–Crippen LogP) is 2.68. The van der Waals surface area contributed by atoms with Crippen molar-refractivity contribution in [1.82, 2.24) is 10.6 Å². The number of hydrogen-bond acceptors (Lipinski definition) is 2. The predicted molar refractivity (Wildman–Crippen MR) is 90.2 cm³/mol. The molecular formula is C17H27N3O. The zero-order chi connectivity index (χ0) is 15.5. The number of nitrogens with one attached hydrogen (secondary N) is 2. The van der Waals surface area contributed by atoms with E-state index in [1.54, 1.807) is 14.2 Å². The van der Waals surface area contributed by atoms with Gasteiger partial charge in [-0.25, -0.2) is 0 Å². The molecule has 2 N–H and O–H groups in total. The molecule has 0 fully saturated rings. The highest BCUT2D eigenvalue weighted by Crippen LogP contribution is 2.18.